The number of amides is 1. The normalized spacial score (nSPS) is 18.0. The Bertz CT molecular complexity index is 1240. The van der Waals surface area contributed by atoms with Crippen LogP contribution in [0.25, 0.3) is 10.9 Å². The molecule has 1 unspecified atom stereocenters. The number of aryl methyl sites for hydroxylation is 2. The summed E-state index contributed by atoms with van der Waals surface area (Å²) >= 11 is 6.27. The third kappa shape index (κ3) is 3.91. The molecule has 2 aliphatic rings. The summed E-state index contributed by atoms with van der Waals surface area (Å²) in [5.74, 6) is -0.930. The molecular formula is C26H27ClN2O4. The van der Waals surface area contributed by atoms with Gasteiger partial charge in [-0.2, -0.15) is 0 Å². The molecule has 1 saturated carbocycles. The number of benzene rings is 2. The SMILES string of the molecule is Cc1c(Cl)ccc2c1cc(C(=O)NC1(c3ccc(C(CC4CC4)C(=O)O)cc3)COC1)n2C. The van der Waals surface area contributed by atoms with Gasteiger partial charge < -0.3 is 19.7 Å². The smallest absolute Gasteiger partial charge is 0.310 e. The van der Waals surface area contributed by atoms with Crippen LogP contribution in [0.1, 0.15) is 52.4 Å². The van der Waals surface area contributed by atoms with Crippen molar-refractivity contribution < 1.29 is 19.4 Å². The van der Waals surface area contributed by atoms with Crippen LogP contribution in [0.5, 0.6) is 0 Å². The van der Waals surface area contributed by atoms with Crippen LogP contribution in [0.2, 0.25) is 5.02 Å². The Labute approximate surface area is 197 Å². The second-order valence-corrected chi connectivity index (χ2v) is 9.82. The molecule has 1 saturated heterocycles. The zero-order valence-electron chi connectivity index (χ0n) is 18.7. The summed E-state index contributed by atoms with van der Waals surface area (Å²) in [6, 6.07) is 13.2. The molecule has 1 amide bonds. The largest absolute Gasteiger partial charge is 0.481 e. The summed E-state index contributed by atoms with van der Waals surface area (Å²) in [5.41, 5.74) is 3.53. The molecule has 5 rings (SSSR count). The van der Waals surface area contributed by atoms with Gasteiger partial charge in [-0.05, 0) is 54.2 Å². The van der Waals surface area contributed by atoms with Crippen LogP contribution in [0.3, 0.4) is 0 Å². The van der Waals surface area contributed by atoms with Gasteiger partial charge in [0.05, 0.1) is 19.1 Å². The Morgan fingerprint density at radius 3 is 2.48 bits per heavy atom. The van der Waals surface area contributed by atoms with Crippen LogP contribution in [-0.4, -0.2) is 34.8 Å². The quantitative estimate of drug-likeness (QED) is 0.526. The lowest BCUT2D eigenvalue weighted by Crippen LogP contribution is -2.59. The zero-order chi connectivity index (χ0) is 23.3. The maximum atomic E-state index is 13.3. The molecule has 0 bridgehead atoms. The minimum Gasteiger partial charge on any atom is -0.481 e. The number of nitrogens with one attached hydrogen (secondary N) is 1. The van der Waals surface area contributed by atoms with Gasteiger partial charge in [0, 0.05) is 23.0 Å². The Morgan fingerprint density at radius 1 is 1.21 bits per heavy atom. The van der Waals surface area contributed by atoms with E-state index in [4.69, 9.17) is 16.3 Å². The van der Waals surface area contributed by atoms with Gasteiger partial charge in [0.15, 0.2) is 0 Å². The van der Waals surface area contributed by atoms with E-state index in [1.165, 1.54) is 0 Å². The molecule has 2 aromatic carbocycles. The van der Waals surface area contributed by atoms with Crippen molar-refractivity contribution in [2.75, 3.05) is 13.2 Å². The number of hydrogen-bond donors (Lipinski definition) is 2. The second-order valence-electron chi connectivity index (χ2n) is 9.41. The van der Waals surface area contributed by atoms with E-state index >= 15 is 0 Å². The third-order valence-electron chi connectivity index (χ3n) is 7.14. The van der Waals surface area contributed by atoms with Crippen molar-refractivity contribution in [1.29, 1.82) is 0 Å². The first-order valence-electron chi connectivity index (χ1n) is 11.3. The number of carbonyl (C=O) groups is 2. The zero-order valence-corrected chi connectivity index (χ0v) is 19.5. The van der Waals surface area contributed by atoms with E-state index in [0.29, 0.717) is 36.3 Å². The molecule has 2 heterocycles. The summed E-state index contributed by atoms with van der Waals surface area (Å²) in [6.07, 6.45) is 2.92. The lowest BCUT2D eigenvalue weighted by Gasteiger charge is -2.42. The Kier molecular flexibility index (Phi) is 5.46. The number of ether oxygens (including phenoxy) is 1. The van der Waals surface area contributed by atoms with Gasteiger partial charge >= 0.3 is 5.97 Å². The van der Waals surface area contributed by atoms with E-state index in [1.54, 1.807) is 0 Å². The van der Waals surface area contributed by atoms with Crippen molar-refractivity contribution in [3.8, 4) is 0 Å². The Balaban J connectivity index is 1.40. The van der Waals surface area contributed by atoms with Crippen LogP contribution in [0.4, 0.5) is 0 Å². The van der Waals surface area contributed by atoms with Crippen LogP contribution < -0.4 is 5.32 Å². The topological polar surface area (TPSA) is 80.6 Å². The number of nitrogens with zero attached hydrogens (tertiary/aromatic N) is 1. The molecule has 3 aromatic rings. The molecule has 6 nitrogen and oxygen atoms in total. The molecule has 0 spiro atoms. The van der Waals surface area contributed by atoms with Gasteiger partial charge in [0.2, 0.25) is 0 Å². The predicted octanol–water partition coefficient (Wildman–Crippen LogP) is 4.76. The summed E-state index contributed by atoms with van der Waals surface area (Å²) in [7, 11) is 1.87. The third-order valence-corrected chi connectivity index (χ3v) is 7.55. The first-order valence-corrected chi connectivity index (χ1v) is 11.6. The minimum atomic E-state index is -0.782. The molecule has 1 atom stereocenters. The molecule has 0 radical (unpaired) electrons. The van der Waals surface area contributed by atoms with Crippen molar-refractivity contribution in [3.05, 3.63) is 69.9 Å². The summed E-state index contributed by atoms with van der Waals surface area (Å²) in [4.78, 5) is 25.1. The number of halogens is 1. The number of hydrogen-bond acceptors (Lipinski definition) is 3. The highest BCUT2D eigenvalue weighted by atomic mass is 35.5. The second kappa shape index (κ2) is 8.19. The van der Waals surface area contributed by atoms with Crippen molar-refractivity contribution >= 4 is 34.4 Å². The van der Waals surface area contributed by atoms with Crippen LogP contribution in [-0.2, 0) is 22.1 Å². The highest BCUT2D eigenvalue weighted by Crippen LogP contribution is 2.39. The lowest BCUT2D eigenvalue weighted by molar-refractivity contribution is -0.139. The molecule has 7 heteroatoms. The number of carboxylic acid groups (broad SMARTS) is 1. The molecular weight excluding hydrogens is 440 g/mol. The summed E-state index contributed by atoms with van der Waals surface area (Å²) in [6.45, 7) is 2.69. The van der Waals surface area contributed by atoms with E-state index in [9.17, 15) is 14.7 Å². The van der Waals surface area contributed by atoms with Crippen LogP contribution in [0, 0.1) is 12.8 Å². The fraction of sp³-hybridized carbons (Fsp3) is 0.385. The van der Waals surface area contributed by atoms with Crippen LogP contribution >= 0.6 is 11.6 Å². The first kappa shape index (κ1) is 22.0. The van der Waals surface area contributed by atoms with Crippen molar-refractivity contribution in [2.24, 2.45) is 13.0 Å². The molecule has 2 fully saturated rings. The Morgan fingerprint density at radius 2 is 1.91 bits per heavy atom. The molecule has 33 heavy (non-hydrogen) atoms. The molecule has 1 aliphatic heterocycles. The van der Waals surface area contributed by atoms with Crippen molar-refractivity contribution in [1.82, 2.24) is 9.88 Å². The van der Waals surface area contributed by atoms with Gasteiger partial charge in [-0.3, -0.25) is 9.59 Å². The maximum Gasteiger partial charge on any atom is 0.310 e. The number of carbonyl (C=O) groups excluding carboxylic acids is 1. The van der Waals surface area contributed by atoms with Gasteiger partial charge in [0.1, 0.15) is 11.2 Å². The monoisotopic (exact) mass is 466 g/mol. The minimum absolute atomic E-state index is 0.186. The predicted molar refractivity (Wildman–Crippen MR) is 127 cm³/mol. The van der Waals surface area contributed by atoms with E-state index in [2.05, 4.69) is 5.32 Å². The van der Waals surface area contributed by atoms with Gasteiger partial charge in [-0.1, -0.05) is 48.7 Å². The standard InChI is InChI=1S/C26H27ClN2O4/c1-15-19-12-23(29(2)22(19)10-9-21(15)27)24(30)28-26(13-33-14-26)18-7-5-17(6-8-18)20(25(31)32)11-16-3-4-16/h5-10,12,16,20H,3-4,11,13-14H2,1-2H3,(H,28,30)(H,31,32). The number of aliphatic carboxylic acids is 1. The molecule has 172 valence electrons. The van der Waals surface area contributed by atoms with Gasteiger partial charge in [-0.15, -0.1) is 0 Å². The molecule has 1 aromatic heterocycles. The number of fused-ring (bicyclic) bond motifs is 1. The number of carboxylic acids is 1. The van der Waals surface area contributed by atoms with Crippen molar-refractivity contribution in [2.45, 2.75) is 37.6 Å². The van der Waals surface area contributed by atoms with Gasteiger partial charge in [0.25, 0.3) is 5.91 Å². The number of aromatic nitrogens is 1. The van der Waals surface area contributed by atoms with E-state index in [0.717, 1.165) is 40.4 Å². The molecule has 1 aliphatic carbocycles. The van der Waals surface area contributed by atoms with Gasteiger partial charge in [-0.25, -0.2) is 0 Å². The number of rotatable bonds is 7. The highest BCUT2D eigenvalue weighted by molar-refractivity contribution is 6.32. The maximum absolute atomic E-state index is 13.3. The van der Waals surface area contributed by atoms with Crippen molar-refractivity contribution in [3.63, 3.8) is 0 Å². The highest BCUT2D eigenvalue weighted by Gasteiger charge is 2.42. The van der Waals surface area contributed by atoms with E-state index in [1.807, 2.05) is 61.0 Å². The summed E-state index contributed by atoms with van der Waals surface area (Å²) in [5, 5.41) is 14.5. The lowest BCUT2D eigenvalue weighted by atomic mass is 9.85. The van der Waals surface area contributed by atoms with Crippen LogP contribution in [0.15, 0.2) is 42.5 Å². The Hall–Kier alpha value is -2.83. The fourth-order valence-corrected chi connectivity index (χ4v) is 4.91. The average Bonchev–Trinajstić information content (AvgIpc) is 3.53. The summed E-state index contributed by atoms with van der Waals surface area (Å²) < 4.78 is 7.37. The van der Waals surface area contributed by atoms with E-state index < -0.39 is 17.4 Å². The first-order chi connectivity index (χ1) is 15.8. The molecule has 2 N–H and O–H groups in total. The van der Waals surface area contributed by atoms with E-state index in [-0.39, 0.29) is 5.91 Å². The average molecular weight is 467 g/mol. The fourth-order valence-electron chi connectivity index (χ4n) is 4.74.